The van der Waals surface area contributed by atoms with Crippen LogP contribution in [0.25, 0.3) is 23.0 Å². The van der Waals surface area contributed by atoms with Crippen LogP contribution in [-0.4, -0.2) is 40.6 Å². The Kier molecular flexibility index (Phi) is 7.02. The lowest BCUT2D eigenvalue weighted by atomic mass is 10.1. The lowest BCUT2D eigenvalue weighted by Crippen LogP contribution is -2.21. The number of halogens is 1. The number of nitrogens with one attached hydrogen (secondary N) is 1. The Morgan fingerprint density at radius 3 is 2.28 bits per heavy atom. The smallest absolute Gasteiger partial charge is 0.266 e. The minimum atomic E-state index is -0.610. The summed E-state index contributed by atoms with van der Waals surface area (Å²) in [5.41, 5.74) is 3.21. The van der Waals surface area contributed by atoms with Gasteiger partial charge in [0.15, 0.2) is 0 Å². The topological polar surface area (TPSA) is 91.0 Å². The molecule has 1 N–H and O–H groups in total. The number of anilines is 1. The summed E-state index contributed by atoms with van der Waals surface area (Å²) in [6.45, 7) is 0. The zero-order chi connectivity index (χ0) is 25.7. The second kappa shape index (κ2) is 10.5. The van der Waals surface area contributed by atoms with Gasteiger partial charge in [-0.25, -0.2) is 9.07 Å². The molecule has 4 rings (SSSR count). The van der Waals surface area contributed by atoms with E-state index in [1.807, 2.05) is 36.4 Å². The van der Waals surface area contributed by atoms with Gasteiger partial charge in [0.2, 0.25) is 0 Å². The summed E-state index contributed by atoms with van der Waals surface area (Å²) in [7, 11) is 3.31. The first-order chi connectivity index (χ1) is 17.4. The number of nitrogens with zero attached hydrogens (tertiary/aromatic N) is 4. The van der Waals surface area contributed by atoms with Gasteiger partial charge in [0.25, 0.3) is 11.8 Å². The van der Waals surface area contributed by atoms with Gasteiger partial charge in [-0.05, 0) is 66.7 Å². The summed E-state index contributed by atoms with van der Waals surface area (Å²) >= 11 is 0. The highest BCUT2D eigenvalue weighted by Crippen LogP contribution is 2.26. The van der Waals surface area contributed by atoms with Crippen LogP contribution in [0.4, 0.5) is 10.1 Å². The van der Waals surface area contributed by atoms with Crippen LogP contribution in [-0.2, 0) is 4.79 Å². The fraction of sp³-hybridized carbons (Fsp3) is 0.0714. The average Bonchev–Trinajstić information content (AvgIpc) is 3.32. The summed E-state index contributed by atoms with van der Waals surface area (Å²) in [4.78, 5) is 26.4. The Morgan fingerprint density at radius 1 is 1.00 bits per heavy atom. The third-order valence-electron chi connectivity index (χ3n) is 5.34. The molecule has 0 aliphatic heterocycles. The second-order valence-electron chi connectivity index (χ2n) is 8.12. The van der Waals surface area contributed by atoms with Gasteiger partial charge in [-0.3, -0.25) is 9.59 Å². The normalized spacial score (nSPS) is 11.0. The molecule has 36 heavy (non-hydrogen) atoms. The van der Waals surface area contributed by atoms with Crippen molar-refractivity contribution in [2.45, 2.75) is 0 Å². The highest BCUT2D eigenvalue weighted by atomic mass is 19.1. The Hall–Kier alpha value is -5.03. The molecule has 0 fully saturated rings. The van der Waals surface area contributed by atoms with Crippen LogP contribution in [0, 0.1) is 17.1 Å². The molecule has 1 aromatic heterocycles. The van der Waals surface area contributed by atoms with Crippen LogP contribution in [0.15, 0.2) is 90.6 Å². The van der Waals surface area contributed by atoms with Gasteiger partial charge in [-0.1, -0.05) is 18.2 Å². The first-order valence-electron chi connectivity index (χ1n) is 11.0. The molecule has 4 aromatic rings. The zero-order valence-corrected chi connectivity index (χ0v) is 19.6. The monoisotopic (exact) mass is 479 g/mol. The molecule has 178 valence electrons. The number of rotatable bonds is 6. The van der Waals surface area contributed by atoms with E-state index in [0.29, 0.717) is 28.1 Å². The lowest BCUT2D eigenvalue weighted by Gasteiger charge is -2.10. The van der Waals surface area contributed by atoms with Crippen molar-refractivity contribution in [3.8, 4) is 23.0 Å². The van der Waals surface area contributed by atoms with E-state index >= 15 is 0 Å². The minimum Gasteiger partial charge on any atom is -0.345 e. The third-order valence-corrected chi connectivity index (χ3v) is 5.34. The average molecular weight is 480 g/mol. The van der Waals surface area contributed by atoms with Crippen molar-refractivity contribution >= 4 is 23.6 Å². The number of amides is 2. The standard InChI is InChI=1S/C28H22FN5O2/c1-33(2)28(36)20-10-14-24(15-11-20)31-27(35)21(17-30)16-22-18-34(25-6-4-3-5-7-25)32-26(22)19-8-12-23(29)13-9-19/h3-16,18H,1-2H3,(H,31,35)/b21-16-. The number of hydrogen-bond donors (Lipinski definition) is 1. The van der Waals surface area contributed by atoms with Crippen molar-refractivity contribution in [1.29, 1.82) is 5.26 Å². The van der Waals surface area contributed by atoms with Gasteiger partial charge >= 0.3 is 0 Å². The van der Waals surface area contributed by atoms with Gasteiger partial charge in [-0.2, -0.15) is 10.4 Å². The first-order valence-corrected chi connectivity index (χ1v) is 11.0. The molecule has 7 nitrogen and oxygen atoms in total. The van der Waals surface area contributed by atoms with E-state index in [1.165, 1.54) is 23.1 Å². The molecule has 0 bridgehead atoms. The number of hydrogen-bond acceptors (Lipinski definition) is 4. The van der Waals surface area contributed by atoms with Gasteiger partial charge in [0.1, 0.15) is 17.5 Å². The quantitative estimate of drug-likeness (QED) is 0.314. The summed E-state index contributed by atoms with van der Waals surface area (Å²) in [5.74, 6) is -1.15. The molecule has 2 amide bonds. The van der Waals surface area contributed by atoms with E-state index < -0.39 is 5.91 Å². The number of para-hydroxylation sites is 1. The van der Waals surface area contributed by atoms with Crippen LogP contribution in [0.5, 0.6) is 0 Å². The van der Waals surface area contributed by atoms with Crippen molar-refractivity contribution < 1.29 is 14.0 Å². The van der Waals surface area contributed by atoms with Gasteiger partial charge in [-0.15, -0.1) is 0 Å². The maximum absolute atomic E-state index is 13.5. The predicted octanol–water partition coefficient (Wildman–Crippen LogP) is 4.93. The van der Waals surface area contributed by atoms with Crippen LogP contribution in [0.1, 0.15) is 15.9 Å². The number of carbonyl (C=O) groups is 2. The highest BCUT2D eigenvalue weighted by Gasteiger charge is 2.16. The largest absolute Gasteiger partial charge is 0.345 e. The predicted molar refractivity (Wildman–Crippen MR) is 136 cm³/mol. The molecule has 0 saturated heterocycles. The van der Waals surface area contributed by atoms with E-state index in [0.717, 1.165) is 5.69 Å². The Balaban J connectivity index is 1.66. The molecule has 0 radical (unpaired) electrons. The summed E-state index contributed by atoms with van der Waals surface area (Å²) in [5, 5.41) is 17.0. The molecular weight excluding hydrogens is 457 g/mol. The summed E-state index contributed by atoms with van der Waals surface area (Å²) in [6, 6.07) is 23.5. The van der Waals surface area contributed by atoms with Crippen molar-refractivity contribution in [2.75, 3.05) is 19.4 Å². The first kappa shape index (κ1) is 24.1. The molecule has 0 aliphatic carbocycles. The Morgan fingerprint density at radius 2 is 1.67 bits per heavy atom. The second-order valence-corrected chi connectivity index (χ2v) is 8.12. The SMILES string of the molecule is CN(C)C(=O)c1ccc(NC(=O)/C(C#N)=C\c2cn(-c3ccccc3)nc2-c2ccc(F)cc2)cc1. The molecule has 3 aromatic carbocycles. The molecular formula is C28H22FN5O2. The molecule has 0 unspecified atom stereocenters. The van der Waals surface area contributed by atoms with Crippen molar-refractivity contribution in [3.63, 3.8) is 0 Å². The molecule has 8 heteroatoms. The molecule has 0 atom stereocenters. The van der Waals surface area contributed by atoms with Crippen LogP contribution in [0.2, 0.25) is 0 Å². The minimum absolute atomic E-state index is 0.139. The van der Waals surface area contributed by atoms with E-state index in [9.17, 15) is 19.2 Å². The van der Waals surface area contributed by atoms with E-state index in [1.54, 1.807) is 61.4 Å². The maximum atomic E-state index is 13.5. The fourth-order valence-corrected chi connectivity index (χ4v) is 3.49. The third kappa shape index (κ3) is 5.37. The van der Waals surface area contributed by atoms with E-state index in [4.69, 9.17) is 0 Å². The van der Waals surface area contributed by atoms with Gasteiger partial charge in [0.05, 0.1) is 11.4 Å². The lowest BCUT2D eigenvalue weighted by molar-refractivity contribution is -0.112. The van der Waals surface area contributed by atoms with E-state index in [-0.39, 0.29) is 17.3 Å². The number of benzene rings is 3. The van der Waals surface area contributed by atoms with Gasteiger partial charge in [0, 0.05) is 42.7 Å². The zero-order valence-electron chi connectivity index (χ0n) is 19.6. The molecule has 0 saturated carbocycles. The van der Waals surface area contributed by atoms with Crippen molar-refractivity contribution in [3.05, 3.63) is 108 Å². The Labute approximate surface area is 207 Å². The number of nitriles is 1. The van der Waals surface area contributed by atoms with Crippen LogP contribution in [0.3, 0.4) is 0 Å². The van der Waals surface area contributed by atoms with Crippen molar-refractivity contribution in [2.24, 2.45) is 0 Å². The summed E-state index contributed by atoms with van der Waals surface area (Å²) in [6.07, 6.45) is 3.16. The number of carbonyl (C=O) groups excluding carboxylic acids is 2. The number of aromatic nitrogens is 2. The van der Waals surface area contributed by atoms with Crippen molar-refractivity contribution in [1.82, 2.24) is 14.7 Å². The molecule has 0 spiro atoms. The Bertz CT molecular complexity index is 1470. The fourth-order valence-electron chi connectivity index (χ4n) is 3.49. The van der Waals surface area contributed by atoms with Crippen LogP contribution >= 0.6 is 0 Å². The maximum Gasteiger partial charge on any atom is 0.266 e. The highest BCUT2D eigenvalue weighted by molar-refractivity contribution is 6.10. The van der Waals surface area contributed by atoms with Crippen LogP contribution < -0.4 is 5.32 Å². The van der Waals surface area contributed by atoms with E-state index in [2.05, 4.69) is 10.4 Å². The van der Waals surface area contributed by atoms with Gasteiger partial charge < -0.3 is 10.2 Å². The molecule has 0 aliphatic rings. The molecule has 1 heterocycles. The summed E-state index contributed by atoms with van der Waals surface area (Å²) < 4.78 is 15.1.